The molecule has 1 aromatic heterocycles. The van der Waals surface area contributed by atoms with Crippen LogP contribution in [0.15, 0.2) is 95.9 Å². The summed E-state index contributed by atoms with van der Waals surface area (Å²) >= 11 is 0. The van der Waals surface area contributed by atoms with E-state index >= 15 is 0 Å². The average molecular weight is 498 g/mol. The SMILES string of the molecule is COc1cc(-c2cccn(Cc3ccc(CCC(=O)O)cc3)c2=O)ccc1NC(=O)Nc1ccccc1. The molecule has 8 nitrogen and oxygen atoms in total. The predicted octanol–water partition coefficient (Wildman–Crippen LogP) is 5.23. The fraction of sp³-hybridized carbons (Fsp3) is 0.138. The molecule has 4 aromatic rings. The Morgan fingerprint density at radius 3 is 2.32 bits per heavy atom. The van der Waals surface area contributed by atoms with Crippen LogP contribution in [-0.4, -0.2) is 28.8 Å². The zero-order valence-electron chi connectivity index (χ0n) is 20.3. The Hall–Kier alpha value is -4.85. The molecule has 3 aromatic carbocycles. The van der Waals surface area contributed by atoms with E-state index in [1.807, 2.05) is 48.5 Å². The van der Waals surface area contributed by atoms with Crippen LogP contribution in [0.25, 0.3) is 11.1 Å². The van der Waals surface area contributed by atoms with Crippen molar-refractivity contribution < 1.29 is 19.4 Å². The summed E-state index contributed by atoms with van der Waals surface area (Å²) in [4.78, 5) is 36.4. The van der Waals surface area contributed by atoms with Gasteiger partial charge in [-0.3, -0.25) is 9.59 Å². The Kier molecular flexibility index (Phi) is 8.00. The number of aromatic nitrogens is 1. The molecular weight excluding hydrogens is 470 g/mol. The second-order valence-corrected chi connectivity index (χ2v) is 8.43. The summed E-state index contributed by atoms with van der Waals surface area (Å²) in [5, 5.41) is 14.4. The van der Waals surface area contributed by atoms with E-state index in [-0.39, 0.29) is 12.0 Å². The van der Waals surface area contributed by atoms with E-state index < -0.39 is 12.0 Å². The number of carboxylic acids is 1. The van der Waals surface area contributed by atoms with Gasteiger partial charge in [-0.25, -0.2) is 4.79 Å². The van der Waals surface area contributed by atoms with Crippen molar-refractivity contribution in [1.82, 2.24) is 4.57 Å². The van der Waals surface area contributed by atoms with Crippen LogP contribution in [0.4, 0.5) is 16.2 Å². The number of nitrogens with zero attached hydrogens (tertiary/aromatic N) is 1. The number of anilines is 2. The van der Waals surface area contributed by atoms with Crippen molar-refractivity contribution >= 4 is 23.4 Å². The molecule has 3 N–H and O–H groups in total. The molecule has 0 spiro atoms. The minimum Gasteiger partial charge on any atom is -0.495 e. The molecule has 0 aliphatic carbocycles. The van der Waals surface area contributed by atoms with Gasteiger partial charge in [-0.1, -0.05) is 48.5 Å². The minimum atomic E-state index is -0.830. The number of pyridine rings is 1. The number of amides is 2. The highest BCUT2D eigenvalue weighted by atomic mass is 16.5. The summed E-state index contributed by atoms with van der Waals surface area (Å²) < 4.78 is 7.10. The molecule has 0 fully saturated rings. The van der Waals surface area contributed by atoms with Gasteiger partial charge in [-0.2, -0.15) is 0 Å². The number of carboxylic acid groups (broad SMARTS) is 1. The summed E-state index contributed by atoms with van der Waals surface area (Å²) in [6.07, 6.45) is 2.27. The highest BCUT2D eigenvalue weighted by molar-refractivity contribution is 6.00. The van der Waals surface area contributed by atoms with Crippen molar-refractivity contribution in [3.63, 3.8) is 0 Å². The lowest BCUT2D eigenvalue weighted by molar-refractivity contribution is -0.136. The van der Waals surface area contributed by atoms with E-state index in [0.29, 0.717) is 41.2 Å². The van der Waals surface area contributed by atoms with Gasteiger partial charge in [0.05, 0.1) is 19.3 Å². The summed E-state index contributed by atoms with van der Waals surface area (Å²) in [6, 6.07) is 25.0. The first kappa shape index (κ1) is 25.2. The van der Waals surface area contributed by atoms with E-state index in [9.17, 15) is 14.4 Å². The topological polar surface area (TPSA) is 110 Å². The first-order valence-electron chi connectivity index (χ1n) is 11.7. The second kappa shape index (κ2) is 11.7. The maximum atomic E-state index is 13.3. The van der Waals surface area contributed by atoms with Gasteiger partial charge < -0.3 is 25.0 Å². The summed E-state index contributed by atoms with van der Waals surface area (Å²) in [7, 11) is 1.50. The van der Waals surface area contributed by atoms with Gasteiger partial charge >= 0.3 is 12.0 Å². The van der Waals surface area contributed by atoms with Crippen LogP contribution in [0.3, 0.4) is 0 Å². The number of methoxy groups -OCH3 is 1. The predicted molar refractivity (Wildman–Crippen MR) is 143 cm³/mol. The first-order valence-corrected chi connectivity index (χ1v) is 11.7. The van der Waals surface area contributed by atoms with Crippen LogP contribution in [0.5, 0.6) is 5.75 Å². The molecule has 8 heteroatoms. The number of carbonyl (C=O) groups is 2. The van der Waals surface area contributed by atoms with Crippen molar-refractivity contribution in [3.05, 3.63) is 113 Å². The van der Waals surface area contributed by atoms with Crippen molar-refractivity contribution in [1.29, 1.82) is 0 Å². The Morgan fingerprint density at radius 2 is 1.62 bits per heavy atom. The molecule has 0 aliphatic heterocycles. The fourth-order valence-electron chi connectivity index (χ4n) is 3.91. The Labute approximate surface area is 214 Å². The zero-order chi connectivity index (χ0) is 26.2. The maximum absolute atomic E-state index is 13.3. The average Bonchev–Trinajstić information content (AvgIpc) is 2.90. The highest BCUT2D eigenvalue weighted by Crippen LogP contribution is 2.30. The van der Waals surface area contributed by atoms with E-state index in [1.54, 1.807) is 47.2 Å². The molecule has 0 radical (unpaired) electrons. The molecular formula is C29H27N3O5. The number of para-hydroxylation sites is 1. The number of aryl methyl sites for hydroxylation is 1. The number of carbonyl (C=O) groups excluding carboxylic acids is 1. The van der Waals surface area contributed by atoms with Crippen molar-refractivity contribution in [2.24, 2.45) is 0 Å². The molecule has 0 unspecified atom stereocenters. The van der Waals surface area contributed by atoms with Crippen LogP contribution >= 0.6 is 0 Å². The summed E-state index contributed by atoms with van der Waals surface area (Å²) in [5.41, 5.74) is 4.00. The molecule has 0 atom stereocenters. The van der Waals surface area contributed by atoms with Gasteiger partial charge in [0.15, 0.2) is 0 Å². The van der Waals surface area contributed by atoms with Gasteiger partial charge in [0.1, 0.15) is 5.75 Å². The normalized spacial score (nSPS) is 10.5. The molecule has 2 amide bonds. The van der Waals surface area contributed by atoms with Crippen LogP contribution in [0.1, 0.15) is 17.5 Å². The highest BCUT2D eigenvalue weighted by Gasteiger charge is 2.12. The molecule has 0 saturated carbocycles. The number of nitrogens with one attached hydrogen (secondary N) is 2. The van der Waals surface area contributed by atoms with Gasteiger partial charge in [0.25, 0.3) is 5.56 Å². The second-order valence-electron chi connectivity index (χ2n) is 8.43. The Morgan fingerprint density at radius 1 is 0.892 bits per heavy atom. The largest absolute Gasteiger partial charge is 0.495 e. The fourth-order valence-corrected chi connectivity index (χ4v) is 3.91. The van der Waals surface area contributed by atoms with Gasteiger partial charge in [-0.15, -0.1) is 0 Å². The third-order valence-electron chi connectivity index (χ3n) is 5.82. The van der Waals surface area contributed by atoms with Crippen molar-refractivity contribution in [3.8, 4) is 16.9 Å². The number of urea groups is 1. The van der Waals surface area contributed by atoms with E-state index in [1.165, 1.54) is 7.11 Å². The van der Waals surface area contributed by atoms with E-state index in [4.69, 9.17) is 9.84 Å². The summed E-state index contributed by atoms with van der Waals surface area (Å²) in [6.45, 7) is 0.377. The van der Waals surface area contributed by atoms with E-state index in [2.05, 4.69) is 10.6 Å². The number of hydrogen-bond acceptors (Lipinski definition) is 4. The number of benzene rings is 3. The molecule has 37 heavy (non-hydrogen) atoms. The molecule has 188 valence electrons. The lowest BCUT2D eigenvalue weighted by atomic mass is 10.1. The van der Waals surface area contributed by atoms with Crippen LogP contribution in [0, 0.1) is 0 Å². The quantitative estimate of drug-likeness (QED) is 0.293. The van der Waals surface area contributed by atoms with E-state index in [0.717, 1.165) is 11.1 Å². The van der Waals surface area contributed by atoms with Crippen LogP contribution in [-0.2, 0) is 17.8 Å². The molecule has 0 saturated heterocycles. The van der Waals surface area contributed by atoms with Gasteiger partial charge in [0, 0.05) is 23.9 Å². The van der Waals surface area contributed by atoms with Crippen molar-refractivity contribution in [2.75, 3.05) is 17.7 Å². The smallest absolute Gasteiger partial charge is 0.323 e. The standard InChI is InChI=1S/C29H27N3O5/c1-37-26-18-22(14-15-25(26)31-29(36)30-23-6-3-2-4-7-23)24-8-5-17-32(28(24)35)19-21-11-9-20(10-12-21)13-16-27(33)34/h2-12,14-15,17-18H,13,16,19H2,1H3,(H,33,34)(H2,30,31,36). The van der Waals surface area contributed by atoms with Gasteiger partial charge in [0.2, 0.25) is 0 Å². The maximum Gasteiger partial charge on any atom is 0.323 e. The zero-order valence-corrected chi connectivity index (χ0v) is 20.3. The Balaban J connectivity index is 1.50. The van der Waals surface area contributed by atoms with Gasteiger partial charge in [-0.05, 0) is 59.5 Å². The summed E-state index contributed by atoms with van der Waals surface area (Å²) in [5.74, 6) is -0.407. The number of aliphatic carboxylic acids is 1. The first-order chi connectivity index (χ1) is 17.9. The number of ether oxygens (including phenoxy) is 1. The molecule has 0 aliphatic rings. The molecule has 0 bridgehead atoms. The minimum absolute atomic E-state index is 0.0797. The van der Waals surface area contributed by atoms with Crippen LogP contribution < -0.4 is 20.9 Å². The van der Waals surface area contributed by atoms with Crippen molar-refractivity contribution in [2.45, 2.75) is 19.4 Å². The van der Waals surface area contributed by atoms with Crippen LogP contribution in [0.2, 0.25) is 0 Å². The third kappa shape index (κ3) is 6.64. The molecule has 1 heterocycles. The monoisotopic (exact) mass is 497 g/mol. The number of rotatable bonds is 9. The lowest BCUT2D eigenvalue weighted by Gasteiger charge is -2.14. The lowest BCUT2D eigenvalue weighted by Crippen LogP contribution is -2.21. The third-order valence-corrected chi connectivity index (χ3v) is 5.82. The molecule has 4 rings (SSSR count). The number of hydrogen-bond donors (Lipinski definition) is 3. The Bertz CT molecular complexity index is 1450.